The summed E-state index contributed by atoms with van der Waals surface area (Å²) in [5.74, 6) is 0. The Hall–Kier alpha value is -0.570. The quantitative estimate of drug-likeness (QED) is 0.697. The molecule has 0 spiro atoms. The Balaban J connectivity index is 2.16. The third-order valence-electron chi connectivity index (χ3n) is 2.83. The van der Waals surface area contributed by atoms with Crippen molar-refractivity contribution in [2.75, 3.05) is 19.6 Å². The van der Waals surface area contributed by atoms with Crippen LogP contribution in [0.25, 0.3) is 0 Å². The molecule has 0 aliphatic rings. The van der Waals surface area contributed by atoms with Gasteiger partial charge in [0.25, 0.3) is 0 Å². The van der Waals surface area contributed by atoms with Crippen molar-refractivity contribution < 1.29 is 0 Å². The maximum Gasteiger partial charge on any atom is 0.0438 e. The molecule has 0 heterocycles. The predicted octanol–water partition coefficient (Wildman–Crippen LogP) is 3.13. The molecule has 1 rings (SSSR count). The number of halogens is 1. The van der Waals surface area contributed by atoms with Gasteiger partial charge in [-0.25, -0.2) is 0 Å². The average Bonchev–Trinajstić information content (AvgIpc) is 2.33. The minimum absolute atomic E-state index is 0.855. The summed E-state index contributed by atoms with van der Waals surface area (Å²) in [6, 6.07) is 6.08. The SMILES string of the molecule is CCCNCCCNCc1cccc(Cl)c1C. The van der Waals surface area contributed by atoms with Crippen LogP contribution in [-0.4, -0.2) is 19.6 Å². The molecule has 1 aromatic carbocycles. The zero-order valence-corrected chi connectivity index (χ0v) is 11.6. The molecule has 0 aliphatic heterocycles. The van der Waals surface area contributed by atoms with Gasteiger partial charge in [0.15, 0.2) is 0 Å². The van der Waals surface area contributed by atoms with Gasteiger partial charge in [-0.2, -0.15) is 0 Å². The highest BCUT2D eigenvalue weighted by Gasteiger charge is 2.00. The molecule has 0 atom stereocenters. The van der Waals surface area contributed by atoms with E-state index in [9.17, 15) is 0 Å². The molecule has 0 unspecified atom stereocenters. The molecule has 17 heavy (non-hydrogen) atoms. The molecule has 2 nitrogen and oxygen atoms in total. The Kier molecular flexibility index (Phi) is 7.25. The van der Waals surface area contributed by atoms with Gasteiger partial charge in [0, 0.05) is 11.6 Å². The van der Waals surface area contributed by atoms with Crippen LogP contribution in [-0.2, 0) is 6.54 Å². The zero-order valence-electron chi connectivity index (χ0n) is 10.9. The highest BCUT2D eigenvalue weighted by Crippen LogP contribution is 2.18. The summed E-state index contributed by atoms with van der Waals surface area (Å²) in [5, 5.41) is 7.70. The van der Waals surface area contributed by atoms with Gasteiger partial charge in [-0.05, 0) is 56.6 Å². The molecule has 0 aromatic heterocycles. The van der Waals surface area contributed by atoms with Crippen molar-refractivity contribution >= 4 is 11.6 Å². The number of hydrogen-bond donors (Lipinski definition) is 2. The number of hydrogen-bond acceptors (Lipinski definition) is 2. The lowest BCUT2D eigenvalue weighted by molar-refractivity contribution is 0.591. The Labute approximate surface area is 110 Å². The second kappa shape index (κ2) is 8.51. The third-order valence-corrected chi connectivity index (χ3v) is 3.24. The predicted molar refractivity (Wildman–Crippen MR) is 75.7 cm³/mol. The average molecular weight is 255 g/mol. The van der Waals surface area contributed by atoms with Crippen LogP contribution < -0.4 is 10.6 Å². The van der Waals surface area contributed by atoms with Gasteiger partial charge in [0.2, 0.25) is 0 Å². The van der Waals surface area contributed by atoms with E-state index in [2.05, 4.69) is 30.5 Å². The third kappa shape index (κ3) is 5.53. The van der Waals surface area contributed by atoms with Crippen molar-refractivity contribution in [3.8, 4) is 0 Å². The van der Waals surface area contributed by atoms with Crippen molar-refractivity contribution in [3.05, 3.63) is 34.3 Å². The molecule has 0 saturated heterocycles. The summed E-state index contributed by atoms with van der Waals surface area (Å²) in [6.45, 7) is 8.42. The van der Waals surface area contributed by atoms with Gasteiger partial charge in [0.05, 0.1) is 0 Å². The van der Waals surface area contributed by atoms with E-state index in [4.69, 9.17) is 11.6 Å². The molecule has 0 fully saturated rings. The second-order valence-electron chi connectivity index (χ2n) is 4.30. The van der Waals surface area contributed by atoms with Crippen molar-refractivity contribution in [3.63, 3.8) is 0 Å². The molecule has 0 saturated carbocycles. The molecule has 2 N–H and O–H groups in total. The van der Waals surface area contributed by atoms with Crippen LogP contribution in [0.1, 0.15) is 30.9 Å². The van der Waals surface area contributed by atoms with Gasteiger partial charge in [-0.15, -0.1) is 0 Å². The molecular weight excluding hydrogens is 232 g/mol. The van der Waals surface area contributed by atoms with Crippen LogP contribution in [0.15, 0.2) is 18.2 Å². The lowest BCUT2D eigenvalue weighted by atomic mass is 10.1. The second-order valence-corrected chi connectivity index (χ2v) is 4.71. The Bertz CT molecular complexity index is 326. The van der Waals surface area contributed by atoms with Crippen molar-refractivity contribution in [1.82, 2.24) is 10.6 Å². The van der Waals surface area contributed by atoms with E-state index in [-0.39, 0.29) is 0 Å². The first-order chi connectivity index (χ1) is 8.25. The van der Waals surface area contributed by atoms with Crippen LogP contribution in [0.3, 0.4) is 0 Å². The molecular formula is C14H23ClN2. The largest absolute Gasteiger partial charge is 0.317 e. The molecule has 1 aromatic rings. The van der Waals surface area contributed by atoms with E-state index in [0.29, 0.717) is 0 Å². The monoisotopic (exact) mass is 254 g/mol. The molecule has 3 heteroatoms. The molecule has 0 amide bonds. The maximum absolute atomic E-state index is 6.07. The van der Waals surface area contributed by atoms with E-state index in [1.54, 1.807) is 0 Å². The van der Waals surface area contributed by atoms with Crippen LogP contribution in [0.2, 0.25) is 5.02 Å². The van der Waals surface area contributed by atoms with Crippen LogP contribution in [0.5, 0.6) is 0 Å². The Morgan fingerprint density at radius 1 is 1.12 bits per heavy atom. The maximum atomic E-state index is 6.07. The van der Waals surface area contributed by atoms with E-state index in [1.165, 1.54) is 24.0 Å². The summed E-state index contributed by atoms with van der Waals surface area (Å²) in [6.07, 6.45) is 2.37. The van der Waals surface area contributed by atoms with Crippen molar-refractivity contribution in [2.24, 2.45) is 0 Å². The van der Waals surface area contributed by atoms with Gasteiger partial charge >= 0.3 is 0 Å². The molecule has 0 aliphatic carbocycles. The lowest BCUT2D eigenvalue weighted by Crippen LogP contribution is -2.22. The van der Waals surface area contributed by atoms with E-state index >= 15 is 0 Å². The summed E-state index contributed by atoms with van der Waals surface area (Å²) in [7, 11) is 0. The number of nitrogens with one attached hydrogen (secondary N) is 2. The number of benzene rings is 1. The first kappa shape index (κ1) is 14.5. The minimum atomic E-state index is 0.855. The van der Waals surface area contributed by atoms with Crippen molar-refractivity contribution in [2.45, 2.75) is 33.2 Å². The Morgan fingerprint density at radius 2 is 1.88 bits per heavy atom. The summed E-state index contributed by atoms with van der Waals surface area (Å²) < 4.78 is 0. The standard InChI is InChI=1S/C14H23ClN2/c1-3-8-16-9-5-10-17-11-13-6-4-7-14(15)12(13)2/h4,6-7,16-17H,3,5,8-11H2,1-2H3. The van der Waals surface area contributed by atoms with E-state index in [0.717, 1.165) is 31.2 Å². The zero-order chi connectivity index (χ0) is 12.5. The first-order valence-electron chi connectivity index (χ1n) is 6.41. The first-order valence-corrected chi connectivity index (χ1v) is 6.79. The van der Waals surface area contributed by atoms with Gasteiger partial charge in [-0.3, -0.25) is 0 Å². The number of rotatable bonds is 8. The van der Waals surface area contributed by atoms with E-state index in [1.807, 2.05) is 12.1 Å². The topological polar surface area (TPSA) is 24.1 Å². The molecule has 0 bridgehead atoms. The summed E-state index contributed by atoms with van der Waals surface area (Å²) in [5.41, 5.74) is 2.48. The normalized spacial score (nSPS) is 10.8. The summed E-state index contributed by atoms with van der Waals surface area (Å²) >= 11 is 6.07. The van der Waals surface area contributed by atoms with Gasteiger partial charge in [0.1, 0.15) is 0 Å². The van der Waals surface area contributed by atoms with Crippen LogP contribution in [0, 0.1) is 6.92 Å². The summed E-state index contributed by atoms with van der Waals surface area (Å²) in [4.78, 5) is 0. The molecule has 0 radical (unpaired) electrons. The fourth-order valence-corrected chi connectivity index (χ4v) is 1.90. The highest BCUT2D eigenvalue weighted by atomic mass is 35.5. The fraction of sp³-hybridized carbons (Fsp3) is 0.571. The smallest absolute Gasteiger partial charge is 0.0438 e. The van der Waals surface area contributed by atoms with Gasteiger partial charge < -0.3 is 10.6 Å². The fourth-order valence-electron chi connectivity index (χ4n) is 1.71. The van der Waals surface area contributed by atoms with Crippen molar-refractivity contribution in [1.29, 1.82) is 0 Å². The van der Waals surface area contributed by atoms with E-state index < -0.39 is 0 Å². The van der Waals surface area contributed by atoms with Crippen LogP contribution >= 0.6 is 11.6 Å². The lowest BCUT2D eigenvalue weighted by Gasteiger charge is -2.09. The Morgan fingerprint density at radius 3 is 2.65 bits per heavy atom. The minimum Gasteiger partial charge on any atom is -0.317 e. The highest BCUT2D eigenvalue weighted by molar-refractivity contribution is 6.31. The van der Waals surface area contributed by atoms with Crippen LogP contribution in [0.4, 0.5) is 0 Å². The molecule has 96 valence electrons. The van der Waals surface area contributed by atoms with Gasteiger partial charge in [-0.1, -0.05) is 30.7 Å².